The van der Waals surface area contributed by atoms with Gasteiger partial charge in [0.25, 0.3) is 5.91 Å². The van der Waals surface area contributed by atoms with E-state index in [1.54, 1.807) is 30.3 Å². The Hall–Kier alpha value is -2.59. The first-order valence-corrected chi connectivity index (χ1v) is 7.45. The molecule has 0 fully saturated rings. The number of nitrogens with zero attached hydrogens (tertiary/aromatic N) is 1. The first-order chi connectivity index (χ1) is 11.3. The van der Waals surface area contributed by atoms with Crippen molar-refractivity contribution in [3.8, 4) is 6.07 Å². The number of amides is 1. The van der Waals surface area contributed by atoms with E-state index in [1.807, 2.05) is 0 Å². The Kier molecular flexibility index (Phi) is 5.42. The van der Waals surface area contributed by atoms with Gasteiger partial charge in [-0.1, -0.05) is 34.1 Å². The average Bonchev–Trinajstić information content (AvgIpc) is 2.52. The third kappa shape index (κ3) is 4.70. The molecule has 2 aromatic rings. The predicted octanol–water partition coefficient (Wildman–Crippen LogP) is 5.01. The standard InChI is InChI=1S/C17H10BrF3N2O/c18-14-5-1-3-11(8-14)7-12(10-22)16(24)23-15-6-2-4-13(9-15)17(19,20)21/h1-9H,(H,23,24)/b12-7+. The van der Waals surface area contributed by atoms with Gasteiger partial charge in [-0.05, 0) is 42.0 Å². The van der Waals surface area contributed by atoms with Crippen molar-refractivity contribution in [1.82, 2.24) is 0 Å². The summed E-state index contributed by atoms with van der Waals surface area (Å²) in [7, 11) is 0. The number of halogens is 4. The summed E-state index contributed by atoms with van der Waals surface area (Å²) in [4.78, 5) is 12.1. The molecule has 2 aromatic carbocycles. The predicted molar refractivity (Wildman–Crippen MR) is 87.8 cm³/mol. The monoisotopic (exact) mass is 394 g/mol. The van der Waals surface area contributed by atoms with Gasteiger partial charge in [-0.2, -0.15) is 18.4 Å². The molecule has 0 heterocycles. The molecule has 0 radical (unpaired) electrons. The van der Waals surface area contributed by atoms with Gasteiger partial charge in [0.2, 0.25) is 0 Å². The summed E-state index contributed by atoms with van der Waals surface area (Å²) < 4.78 is 38.8. The van der Waals surface area contributed by atoms with Gasteiger partial charge in [0, 0.05) is 10.2 Å². The number of benzene rings is 2. The van der Waals surface area contributed by atoms with Crippen LogP contribution in [-0.2, 0) is 11.0 Å². The van der Waals surface area contributed by atoms with Crippen LogP contribution in [0.1, 0.15) is 11.1 Å². The van der Waals surface area contributed by atoms with Crippen LogP contribution in [-0.4, -0.2) is 5.91 Å². The molecule has 0 atom stereocenters. The lowest BCUT2D eigenvalue weighted by Gasteiger charge is -2.09. The Balaban J connectivity index is 2.23. The van der Waals surface area contributed by atoms with Crippen LogP contribution in [0.4, 0.5) is 18.9 Å². The number of carbonyl (C=O) groups is 1. The van der Waals surface area contributed by atoms with E-state index in [0.717, 1.165) is 16.6 Å². The van der Waals surface area contributed by atoms with Crippen LogP contribution in [0.2, 0.25) is 0 Å². The summed E-state index contributed by atoms with van der Waals surface area (Å²) in [6.07, 6.45) is -3.15. The van der Waals surface area contributed by atoms with E-state index < -0.39 is 17.6 Å². The highest BCUT2D eigenvalue weighted by Crippen LogP contribution is 2.30. The molecule has 0 aliphatic carbocycles. The molecule has 0 aromatic heterocycles. The second-order valence-electron chi connectivity index (χ2n) is 4.76. The molecule has 7 heteroatoms. The van der Waals surface area contributed by atoms with Gasteiger partial charge in [0.05, 0.1) is 5.56 Å². The van der Waals surface area contributed by atoms with Crippen molar-refractivity contribution in [1.29, 1.82) is 5.26 Å². The average molecular weight is 395 g/mol. The zero-order chi connectivity index (χ0) is 17.7. The highest BCUT2D eigenvalue weighted by atomic mass is 79.9. The molecule has 1 amide bonds. The highest BCUT2D eigenvalue weighted by Gasteiger charge is 2.30. The minimum absolute atomic E-state index is 0.0368. The maximum absolute atomic E-state index is 12.7. The molecule has 2 rings (SSSR count). The summed E-state index contributed by atoms with van der Waals surface area (Å²) in [5, 5.41) is 11.4. The lowest BCUT2D eigenvalue weighted by atomic mass is 10.1. The van der Waals surface area contributed by atoms with E-state index in [4.69, 9.17) is 5.26 Å². The Morgan fingerprint density at radius 3 is 2.50 bits per heavy atom. The van der Waals surface area contributed by atoms with E-state index in [0.29, 0.717) is 5.56 Å². The highest BCUT2D eigenvalue weighted by molar-refractivity contribution is 9.10. The third-order valence-electron chi connectivity index (χ3n) is 2.97. The van der Waals surface area contributed by atoms with Crippen molar-refractivity contribution in [2.45, 2.75) is 6.18 Å². The van der Waals surface area contributed by atoms with Crippen LogP contribution in [0.25, 0.3) is 6.08 Å². The van der Waals surface area contributed by atoms with Gasteiger partial charge in [-0.15, -0.1) is 0 Å². The minimum atomic E-state index is -4.51. The van der Waals surface area contributed by atoms with Crippen molar-refractivity contribution in [3.63, 3.8) is 0 Å². The van der Waals surface area contributed by atoms with E-state index in [2.05, 4.69) is 21.2 Å². The molecule has 0 spiro atoms. The SMILES string of the molecule is N#C/C(=C\c1cccc(Br)c1)C(=O)Nc1cccc(C(F)(F)F)c1. The van der Waals surface area contributed by atoms with E-state index in [1.165, 1.54) is 18.2 Å². The number of anilines is 1. The van der Waals surface area contributed by atoms with Gasteiger partial charge >= 0.3 is 6.18 Å². The number of rotatable bonds is 3. The molecule has 0 aliphatic heterocycles. The number of nitriles is 1. The molecule has 122 valence electrons. The summed E-state index contributed by atoms with van der Waals surface area (Å²) in [5.41, 5.74) is -0.523. The topological polar surface area (TPSA) is 52.9 Å². The maximum Gasteiger partial charge on any atom is 0.416 e. The smallest absolute Gasteiger partial charge is 0.321 e. The van der Waals surface area contributed by atoms with Crippen molar-refractivity contribution < 1.29 is 18.0 Å². The van der Waals surface area contributed by atoms with Crippen LogP contribution >= 0.6 is 15.9 Å². The number of alkyl halides is 3. The molecule has 0 saturated carbocycles. The maximum atomic E-state index is 12.7. The summed E-state index contributed by atoms with van der Waals surface area (Å²) in [6.45, 7) is 0. The van der Waals surface area contributed by atoms with Gasteiger partial charge < -0.3 is 5.32 Å². The molecule has 3 nitrogen and oxygen atoms in total. The molecule has 0 aliphatic rings. The summed E-state index contributed by atoms with van der Waals surface area (Å²) in [5.74, 6) is -0.781. The quantitative estimate of drug-likeness (QED) is 0.587. The molecule has 24 heavy (non-hydrogen) atoms. The van der Waals surface area contributed by atoms with Gasteiger partial charge in [0.15, 0.2) is 0 Å². The third-order valence-corrected chi connectivity index (χ3v) is 3.47. The van der Waals surface area contributed by atoms with Gasteiger partial charge in [-0.25, -0.2) is 0 Å². The normalized spacial score (nSPS) is 11.7. The zero-order valence-corrected chi connectivity index (χ0v) is 13.6. The fourth-order valence-electron chi connectivity index (χ4n) is 1.88. The van der Waals surface area contributed by atoms with Crippen molar-refractivity contribution >= 4 is 33.6 Å². The van der Waals surface area contributed by atoms with E-state index in [-0.39, 0.29) is 11.3 Å². The van der Waals surface area contributed by atoms with Crippen LogP contribution in [0.5, 0.6) is 0 Å². The second kappa shape index (κ2) is 7.32. The fraction of sp³-hybridized carbons (Fsp3) is 0.0588. The molecule has 0 bridgehead atoms. The van der Waals surface area contributed by atoms with Crippen molar-refractivity contribution in [3.05, 3.63) is 69.7 Å². The number of nitrogens with one attached hydrogen (secondary N) is 1. The molecule has 0 unspecified atom stereocenters. The van der Waals surface area contributed by atoms with Gasteiger partial charge in [0.1, 0.15) is 11.6 Å². The molecular formula is C17H10BrF3N2O. The second-order valence-corrected chi connectivity index (χ2v) is 5.67. The van der Waals surface area contributed by atoms with E-state index in [9.17, 15) is 18.0 Å². The number of hydrogen-bond acceptors (Lipinski definition) is 2. The lowest BCUT2D eigenvalue weighted by Crippen LogP contribution is -2.14. The molecule has 1 N–H and O–H groups in total. The summed E-state index contributed by atoms with van der Waals surface area (Å²) in [6, 6.07) is 12.9. The Morgan fingerprint density at radius 1 is 1.17 bits per heavy atom. The number of hydrogen-bond donors (Lipinski definition) is 1. The summed E-state index contributed by atoms with van der Waals surface area (Å²) >= 11 is 3.27. The van der Waals surface area contributed by atoms with Crippen LogP contribution in [0, 0.1) is 11.3 Å². The molecule has 0 saturated heterocycles. The zero-order valence-electron chi connectivity index (χ0n) is 12.1. The Bertz CT molecular complexity index is 838. The van der Waals surface area contributed by atoms with Crippen molar-refractivity contribution in [2.75, 3.05) is 5.32 Å². The van der Waals surface area contributed by atoms with Crippen LogP contribution in [0.15, 0.2) is 58.6 Å². The Morgan fingerprint density at radius 2 is 1.88 bits per heavy atom. The lowest BCUT2D eigenvalue weighted by molar-refractivity contribution is -0.137. The molecular weight excluding hydrogens is 385 g/mol. The minimum Gasteiger partial charge on any atom is -0.321 e. The van der Waals surface area contributed by atoms with Crippen LogP contribution < -0.4 is 5.32 Å². The largest absolute Gasteiger partial charge is 0.416 e. The number of carbonyl (C=O) groups excluding carboxylic acids is 1. The first kappa shape index (κ1) is 17.8. The van der Waals surface area contributed by atoms with Crippen LogP contribution in [0.3, 0.4) is 0 Å². The fourth-order valence-corrected chi connectivity index (χ4v) is 2.30. The van der Waals surface area contributed by atoms with Gasteiger partial charge in [-0.3, -0.25) is 4.79 Å². The van der Waals surface area contributed by atoms with Crippen molar-refractivity contribution in [2.24, 2.45) is 0 Å². The Labute approximate surface area is 144 Å². The van der Waals surface area contributed by atoms with E-state index >= 15 is 0 Å². The first-order valence-electron chi connectivity index (χ1n) is 6.65.